The molecule has 8 nitrogen and oxygen atoms in total. The quantitative estimate of drug-likeness (QED) is 0.823. The van der Waals surface area contributed by atoms with E-state index in [-0.39, 0.29) is 29.8 Å². The number of nitrogens with one attached hydrogen (secondary N) is 1. The Labute approximate surface area is 140 Å². The second-order valence-corrected chi connectivity index (χ2v) is 7.76. The third kappa shape index (κ3) is 2.96. The molecule has 24 heavy (non-hydrogen) atoms. The third-order valence-electron chi connectivity index (χ3n) is 4.21. The van der Waals surface area contributed by atoms with E-state index < -0.39 is 16.1 Å². The SMILES string of the molecule is CC(=O)N1CCN(S(=O)(=O)c2ccc3c(c2)O[C@@H](C)C(=O)N3)CC1. The molecule has 2 aliphatic rings. The molecule has 0 spiro atoms. The summed E-state index contributed by atoms with van der Waals surface area (Å²) in [4.78, 5) is 24.7. The maximum absolute atomic E-state index is 12.8. The average Bonchev–Trinajstić information content (AvgIpc) is 2.55. The monoisotopic (exact) mass is 353 g/mol. The molecule has 2 heterocycles. The van der Waals surface area contributed by atoms with E-state index in [1.807, 2.05) is 0 Å². The number of carbonyl (C=O) groups excluding carboxylic acids is 2. The van der Waals surface area contributed by atoms with Crippen molar-refractivity contribution in [3.05, 3.63) is 18.2 Å². The van der Waals surface area contributed by atoms with Gasteiger partial charge in [-0.3, -0.25) is 9.59 Å². The predicted molar refractivity (Wildman–Crippen MR) is 86.2 cm³/mol. The molecule has 1 atom stereocenters. The van der Waals surface area contributed by atoms with E-state index in [0.29, 0.717) is 24.5 Å². The summed E-state index contributed by atoms with van der Waals surface area (Å²) in [5.74, 6) is 0.0166. The van der Waals surface area contributed by atoms with Gasteiger partial charge in [0.25, 0.3) is 5.91 Å². The number of amides is 2. The number of fused-ring (bicyclic) bond motifs is 1. The summed E-state index contributed by atoms with van der Waals surface area (Å²) in [6.45, 7) is 4.34. The largest absolute Gasteiger partial charge is 0.479 e. The molecule has 0 unspecified atom stereocenters. The van der Waals surface area contributed by atoms with Gasteiger partial charge < -0.3 is 15.0 Å². The first kappa shape index (κ1) is 16.7. The second-order valence-electron chi connectivity index (χ2n) is 5.82. The predicted octanol–water partition coefficient (Wildman–Crippen LogP) is 0.259. The summed E-state index contributed by atoms with van der Waals surface area (Å²) in [5, 5.41) is 2.67. The van der Waals surface area contributed by atoms with Gasteiger partial charge in [-0.25, -0.2) is 8.42 Å². The van der Waals surface area contributed by atoms with E-state index >= 15 is 0 Å². The zero-order valence-electron chi connectivity index (χ0n) is 13.5. The number of piperazine rings is 1. The minimum Gasteiger partial charge on any atom is -0.479 e. The van der Waals surface area contributed by atoms with Crippen LogP contribution in [0.2, 0.25) is 0 Å². The van der Waals surface area contributed by atoms with Crippen LogP contribution < -0.4 is 10.1 Å². The topological polar surface area (TPSA) is 96.0 Å². The minimum absolute atomic E-state index is 0.0565. The summed E-state index contributed by atoms with van der Waals surface area (Å²) < 4.78 is 32.4. The van der Waals surface area contributed by atoms with Crippen LogP contribution in [-0.4, -0.2) is 61.7 Å². The number of nitrogens with zero attached hydrogens (tertiary/aromatic N) is 2. The maximum Gasteiger partial charge on any atom is 0.265 e. The molecule has 1 saturated heterocycles. The van der Waals surface area contributed by atoms with E-state index in [0.717, 1.165) is 0 Å². The molecule has 0 saturated carbocycles. The Kier molecular flexibility index (Phi) is 4.22. The number of hydrogen-bond acceptors (Lipinski definition) is 5. The Hall–Kier alpha value is -2.13. The van der Waals surface area contributed by atoms with Crippen LogP contribution >= 0.6 is 0 Å². The highest BCUT2D eigenvalue weighted by Crippen LogP contribution is 2.33. The number of sulfonamides is 1. The van der Waals surface area contributed by atoms with Gasteiger partial charge in [-0.1, -0.05) is 0 Å². The standard InChI is InChI=1S/C15H19N3O5S/c1-10-15(20)16-13-4-3-12(9-14(13)23-10)24(21,22)18-7-5-17(6-8-18)11(2)19/h3-4,9-10H,5-8H2,1-2H3,(H,16,20)/t10-/m0/s1. The van der Waals surface area contributed by atoms with Gasteiger partial charge in [-0.15, -0.1) is 0 Å². The normalized spacial score (nSPS) is 21.7. The van der Waals surface area contributed by atoms with Crippen LogP contribution in [0.4, 0.5) is 5.69 Å². The first-order chi connectivity index (χ1) is 11.3. The van der Waals surface area contributed by atoms with Crippen LogP contribution in [0, 0.1) is 0 Å². The van der Waals surface area contributed by atoms with Crippen molar-refractivity contribution in [3.8, 4) is 5.75 Å². The average molecular weight is 353 g/mol. The summed E-state index contributed by atoms with van der Waals surface area (Å²) in [6, 6.07) is 4.40. The molecule has 1 aromatic rings. The van der Waals surface area contributed by atoms with E-state index in [1.165, 1.54) is 29.4 Å². The lowest BCUT2D eigenvalue weighted by Crippen LogP contribution is -2.49. The molecule has 2 amide bonds. The molecule has 9 heteroatoms. The van der Waals surface area contributed by atoms with Crippen molar-refractivity contribution >= 4 is 27.5 Å². The fourth-order valence-corrected chi connectivity index (χ4v) is 4.17. The lowest BCUT2D eigenvalue weighted by Gasteiger charge is -2.33. The highest BCUT2D eigenvalue weighted by atomic mass is 32.2. The Bertz CT molecular complexity index is 784. The van der Waals surface area contributed by atoms with Gasteiger partial charge >= 0.3 is 0 Å². The highest BCUT2D eigenvalue weighted by molar-refractivity contribution is 7.89. The number of benzene rings is 1. The highest BCUT2D eigenvalue weighted by Gasteiger charge is 2.31. The van der Waals surface area contributed by atoms with Crippen molar-refractivity contribution in [1.82, 2.24) is 9.21 Å². The first-order valence-corrected chi connectivity index (χ1v) is 9.10. The van der Waals surface area contributed by atoms with E-state index in [2.05, 4.69) is 5.32 Å². The number of ether oxygens (including phenoxy) is 1. The third-order valence-corrected chi connectivity index (χ3v) is 6.10. The molecule has 0 aliphatic carbocycles. The molecule has 0 bridgehead atoms. The van der Waals surface area contributed by atoms with Crippen molar-refractivity contribution in [2.24, 2.45) is 0 Å². The van der Waals surface area contributed by atoms with Gasteiger partial charge in [0, 0.05) is 39.2 Å². The summed E-state index contributed by atoms with van der Waals surface area (Å²) in [5.41, 5.74) is 0.457. The molecule has 1 aromatic carbocycles. The zero-order valence-corrected chi connectivity index (χ0v) is 14.3. The van der Waals surface area contributed by atoms with E-state index in [4.69, 9.17) is 4.74 Å². The Morgan fingerprint density at radius 2 is 1.92 bits per heavy atom. The minimum atomic E-state index is -3.67. The summed E-state index contributed by atoms with van der Waals surface area (Å²) in [6.07, 6.45) is -0.672. The Morgan fingerprint density at radius 3 is 2.54 bits per heavy atom. The molecule has 2 aliphatic heterocycles. The van der Waals surface area contributed by atoms with Gasteiger partial charge in [-0.2, -0.15) is 4.31 Å². The van der Waals surface area contributed by atoms with Gasteiger partial charge in [0.2, 0.25) is 15.9 Å². The van der Waals surface area contributed by atoms with Crippen LogP contribution in [0.3, 0.4) is 0 Å². The van der Waals surface area contributed by atoms with Crippen molar-refractivity contribution in [1.29, 1.82) is 0 Å². The van der Waals surface area contributed by atoms with Crippen LogP contribution in [0.5, 0.6) is 5.75 Å². The molecule has 3 rings (SSSR count). The fraction of sp³-hybridized carbons (Fsp3) is 0.467. The maximum atomic E-state index is 12.8. The number of anilines is 1. The molecule has 1 fully saturated rings. The van der Waals surface area contributed by atoms with Gasteiger partial charge in [0.05, 0.1) is 10.6 Å². The van der Waals surface area contributed by atoms with E-state index in [1.54, 1.807) is 11.8 Å². The Balaban J connectivity index is 1.82. The molecule has 130 valence electrons. The van der Waals surface area contributed by atoms with Crippen LogP contribution in [0.25, 0.3) is 0 Å². The lowest BCUT2D eigenvalue weighted by molar-refractivity contribution is -0.130. The molecular formula is C15H19N3O5S. The smallest absolute Gasteiger partial charge is 0.265 e. The van der Waals surface area contributed by atoms with Crippen LogP contribution in [0.1, 0.15) is 13.8 Å². The molecule has 0 aromatic heterocycles. The molecule has 0 radical (unpaired) electrons. The van der Waals surface area contributed by atoms with Crippen LogP contribution in [0.15, 0.2) is 23.1 Å². The second kappa shape index (κ2) is 6.06. The van der Waals surface area contributed by atoms with Crippen molar-refractivity contribution in [2.45, 2.75) is 24.8 Å². The van der Waals surface area contributed by atoms with E-state index in [9.17, 15) is 18.0 Å². The lowest BCUT2D eigenvalue weighted by atomic mass is 10.2. The zero-order chi connectivity index (χ0) is 17.5. The van der Waals surface area contributed by atoms with Crippen molar-refractivity contribution < 1.29 is 22.7 Å². The number of carbonyl (C=O) groups is 2. The van der Waals surface area contributed by atoms with Crippen molar-refractivity contribution in [2.75, 3.05) is 31.5 Å². The van der Waals surface area contributed by atoms with Gasteiger partial charge in [0.15, 0.2) is 6.10 Å². The summed E-state index contributed by atoms with van der Waals surface area (Å²) in [7, 11) is -3.67. The Morgan fingerprint density at radius 1 is 1.25 bits per heavy atom. The molecule has 1 N–H and O–H groups in total. The van der Waals surface area contributed by atoms with Gasteiger partial charge in [-0.05, 0) is 19.1 Å². The number of rotatable bonds is 2. The van der Waals surface area contributed by atoms with Gasteiger partial charge in [0.1, 0.15) is 5.75 Å². The van der Waals surface area contributed by atoms with Crippen molar-refractivity contribution in [3.63, 3.8) is 0 Å². The first-order valence-electron chi connectivity index (χ1n) is 7.66. The van der Waals surface area contributed by atoms with Crippen LogP contribution in [-0.2, 0) is 19.6 Å². The molecular weight excluding hydrogens is 334 g/mol. The summed E-state index contributed by atoms with van der Waals surface area (Å²) >= 11 is 0. The fourth-order valence-electron chi connectivity index (χ4n) is 2.73. The number of hydrogen-bond donors (Lipinski definition) is 1.